The molecule has 4 rings (SSSR count). The third-order valence-corrected chi connectivity index (χ3v) is 7.47. The number of carbonyl (C=O) groups is 2. The van der Waals surface area contributed by atoms with E-state index in [1.807, 2.05) is 32.0 Å². The molecule has 222 valence electrons. The maximum Gasteiger partial charge on any atom is 0.416 e. The Morgan fingerprint density at radius 3 is 2.05 bits per heavy atom. The zero-order valence-electron chi connectivity index (χ0n) is 22.7. The molecule has 4 nitrogen and oxygen atoms in total. The minimum Gasteiger partial charge on any atom is -0.335 e. The monoisotopic (exact) mass is 608 g/mol. The van der Waals surface area contributed by atoms with E-state index in [-0.39, 0.29) is 38.0 Å². The number of hydrogen-bond acceptors (Lipinski definition) is 2. The lowest BCUT2D eigenvalue weighted by molar-refractivity contribution is -0.143. The van der Waals surface area contributed by atoms with Crippen molar-refractivity contribution in [3.63, 3.8) is 0 Å². The van der Waals surface area contributed by atoms with Crippen molar-refractivity contribution >= 4 is 29.5 Å². The Hall–Kier alpha value is -3.79. The van der Waals surface area contributed by atoms with E-state index in [0.29, 0.717) is 17.2 Å². The number of hydrogen-bond donors (Lipinski definition) is 0. The molecule has 0 N–H and O–H groups in total. The van der Waals surface area contributed by atoms with Gasteiger partial charge < -0.3 is 9.80 Å². The van der Waals surface area contributed by atoms with Gasteiger partial charge in [-0.2, -0.15) is 26.3 Å². The molecule has 1 aliphatic rings. The van der Waals surface area contributed by atoms with Gasteiger partial charge in [-0.15, -0.1) is 0 Å². The number of carbonyl (C=O) groups excluding carboxylic acids is 2. The highest BCUT2D eigenvalue weighted by molar-refractivity contribution is 6.30. The maximum atomic E-state index is 13.6. The van der Waals surface area contributed by atoms with Gasteiger partial charge in [0.1, 0.15) is 0 Å². The van der Waals surface area contributed by atoms with Gasteiger partial charge >= 0.3 is 12.4 Å². The molecule has 0 unspecified atom stereocenters. The van der Waals surface area contributed by atoms with E-state index in [2.05, 4.69) is 0 Å². The number of piperazine rings is 1. The summed E-state index contributed by atoms with van der Waals surface area (Å²) >= 11 is 5.90. The van der Waals surface area contributed by atoms with Gasteiger partial charge in [0.25, 0.3) is 5.91 Å². The molecule has 0 radical (unpaired) electrons. The van der Waals surface area contributed by atoms with Crippen molar-refractivity contribution in [3.05, 3.63) is 111 Å². The summed E-state index contributed by atoms with van der Waals surface area (Å²) in [6.45, 7) is 3.83. The van der Waals surface area contributed by atoms with Gasteiger partial charge in [-0.3, -0.25) is 9.59 Å². The Morgan fingerprint density at radius 2 is 1.48 bits per heavy atom. The summed E-state index contributed by atoms with van der Waals surface area (Å²) in [4.78, 5) is 29.4. The Balaban J connectivity index is 1.65. The van der Waals surface area contributed by atoms with Crippen LogP contribution in [0.5, 0.6) is 0 Å². The maximum absolute atomic E-state index is 13.6. The fraction of sp³-hybridized carbons (Fsp3) is 0.290. The highest BCUT2D eigenvalue weighted by atomic mass is 35.5. The van der Waals surface area contributed by atoms with E-state index >= 15 is 0 Å². The summed E-state index contributed by atoms with van der Waals surface area (Å²) in [6.07, 6.45) is -6.96. The van der Waals surface area contributed by atoms with Crippen LogP contribution in [0.3, 0.4) is 0 Å². The van der Waals surface area contributed by atoms with Crippen LogP contribution in [0.15, 0.2) is 66.7 Å². The molecule has 42 heavy (non-hydrogen) atoms. The number of alkyl halides is 6. The van der Waals surface area contributed by atoms with Crippen molar-refractivity contribution in [2.24, 2.45) is 0 Å². The number of nitrogens with zero attached hydrogens (tertiary/aromatic N) is 2. The Bertz CT molecular complexity index is 1470. The molecule has 2 amide bonds. The van der Waals surface area contributed by atoms with Gasteiger partial charge in [-0.1, -0.05) is 41.9 Å². The molecular weight excluding hydrogens is 582 g/mol. The zero-order valence-corrected chi connectivity index (χ0v) is 23.4. The van der Waals surface area contributed by atoms with Crippen molar-refractivity contribution in [1.29, 1.82) is 0 Å². The highest BCUT2D eigenvalue weighted by Crippen LogP contribution is 2.37. The molecule has 1 saturated heterocycles. The van der Waals surface area contributed by atoms with Crippen LogP contribution < -0.4 is 0 Å². The van der Waals surface area contributed by atoms with Crippen LogP contribution in [0, 0.1) is 13.8 Å². The van der Waals surface area contributed by atoms with Crippen LogP contribution in [-0.2, 0) is 23.6 Å². The predicted molar refractivity (Wildman–Crippen MR) is 148 cm³/mol. The number of aryl methyl sites for hydroxylation is 2. The van der Waals surface area contributed by atoms with Crippen molar-refractivity contribution in [3.8, 4) is 0 Å². The second-order valence-corrected chi connectivity index (χ2v) is 10.7. The number of rotatable bonds is 5. The van der Waals surface area contributed by atoms with E-state index in [1.54, 1.807) is 30.3 Å². The van der Waals surface area contributed by atoms with Gasteiger partial charge in [0.15, 0.2) is 0 Å². The minimum absolute atomic E-state index is 0.00698. The lowest BCUT2D eigenvalue weighted by Gasteiger charge is -2.41. The van der Waals surface area contributed by atoms with Crippen LogP contribution in [0.4, 0.5) is 26.3 Å². The SMILES string of the molecule is Cc1ccc(C[C@@H]2CN(C(=O)C=Cc3ccc(Cl)cc3)CCN2C(=O)c2cc(C(F)(F)F)cc(C(F)(F)F)c2)cc1C. The molecule has 0 saturated carbocycles. The van der Waals surface area contributed by atoms with Crippen LogP contribution in [-0.4, -0.2) is 47.3 Å². The molecule has 1 aliphatic heterocycles. The summed E-state index contributed by atoms with van der Waals surface area (Å²) in [5, 5.41) is 0.538. The Kier molecular flexibility index (Phi) is 9.06. The largest absolute Gasteiger partial charge is 0.416 e. The molecule has 0 bridgehead atoms. The average molecular weight is 609 g/mol. The molecular formula is C31H27ClF6N2O2. The molecule has 1 fully saturated rings. The molecule has 3 aromatic rings. The van der Waals surface area contributed by atoms with Crippen molar-refractivity contribution in [2.75, 3.05) is 19.6 Å². The smallest absolute Gasteiger partial charge is 0.335 e. The normalized spacial score (nSPS) is 16.3. The van der Waals surface area contributed by atoms with Crippen molar-refractivity contribution in [1.82, 2.24) is 9.80 Å². The lowest BCUT2D eigenvalue weighted by Crippen LogP contribution is -2.57. The molecule has 0 aliphatic carbocycles. The van der Waals surface area contributed by atoms with E-state index in [0.717, 1.165) is 22.3 Å². The average Bonchev–Trinajstić information content (AvgIpc) is 2.93. The van der Waals surface area contributed by atoms with Gasteiger partial charge in [0.2, 0.25) is 5.91 Å². The second-order valence-electron chi connectivity index (χ2n) is 10.2. The fourth-order valence-corrected chi connectivity index (χ4v) is 4.92. The van der Waals surface area contributed by atoms with E-state index in [1.165, 1.54) is 15.9 Å². The molecule has 1 heterocycles. The second kappa shape index (κ2) is 12.2. The van der Waals surface area contributed by atoms with Crippen LogP contribution in [0.2, 0.25) is 5.02 Å². The Labute approximate surface area is 244 Å². The van der Waals surface area contributed by atoms with Crippen LogP contribution >= 0.6 is 11.6 Å². The fourth-order valence-electron chi connectivity index (χ4n) is 4.79. The Morgan fingerprint density at radius 1 is 0.857 bits per heavy atom. The highest BCUT2D eigenvalue weighted by Gasteiger charge is 2.39. The number of benzene rings is 3. The van der Waals surface area contributed by atoms with Crippen LogP contribution in [0.1, 0.15) is 43.7 Å². The summed E-state index contributed by atoms with van der Waals surface area (Å²) in [7, 11) is 0. The molecule has 3 aromatic carbocycles. The van der Waals surface area contributed by atoms with Crippen molar-refractivity contribution in [2.45, 2.75) is 38.7 Å². The lowest BCUT2D eigenvalue weighted by atomic mass is 9.97. The summed E-state index contributed by atoms with van der Waals surface area (Å²) < 4.78 is 80.9. The van der Waals surface area contributed by atoms with E-state index < -0.39 is 41.0 Å². The quantitative estimate of drug-likeness (QED) is 0.221. The van der Waals surface area contributed by atoms with E-state index in [9.17, 15) is 35.9 Å². The number of halogens is 7. The first-order valence-electron chi connectivity index (χ1n) is 13.0. The van der Waals surface area contributed by atoms with Crippen molar-refractivity contribution < 1.29 is 35.9 Å². The van der Waals surface area contributed by atoms with Gasteiger partial charge in [-0.25, -0.2) is 0 Å². The third kappa shape index (κ3) is 7.53. The summed E-state index contributed by atoms with van der Waals surface area (Å²) in [6, 6.07) is 12.6. The molecule has 1 atom stereocenters. The predicted octanol–water partition coefficient (Wildman–Crippen LogP) is 7.60. The van der Waals surface area contributed by atoms with Crippen LogP contribution in [0.25, 0.3) is 6.08 Å². The summed E-state index contributed by atoms with van der Waals surface area (Å²) in [5.74, 6) is -1.31. The van der Waals surface area contributed by atoms with Gasteiger partial charge in [-0.05, 0) is 78.9 Å². The molecule has 0 aromatic heterocycles. The zero-order chi connectivity index (χ0) is 30.8. The molecule has 0 spiro atoms. The standard InChI is InChI=1S/C31H27ClF6N2O2/c1-19-3-4-22(13-20(19)2)14-27-18-39(28(41)10-7-21-5-8-26(32)9-6-21)11-12-40(27)29(42)23-15-24(30(33,34)35)17-25(16-23)31(36,37)38/h3-10,13,15-17,27H,11-12,14,18H2,1-2H3/t27-/m1/s1. The first-order valence-corrected chi connectivity index (χ1v) is 13.4. The first kappa shape index (κ1) is 31.2. The third-order valence-electron chi connectivity index (χ3n) is 7.22. The topological polar surface area (TPSA) is 40.6 Å². The van der Waals surface area contributed by atoms with Gasteiger partial charge in [0.05, 0.1) is 17.2 Å². The summed E-state index contributed by atoms with van der Waals surface area (Å²) in [5.41, 5.74) is -0.286. The van der Waals surface area contributed by atoms with Gasteiger partial charge in [0, 0.05) is 36.3 Å². The molecule has 11 heteroatoms. The minimum atomic E-state index is -5.09. The number of amides is 2. The van der Waals surface area contributed by atoms with E-state index in [4.69, 9.17) is 11.6 Å². The first-order chi connectivity index (χ1) is 19.6.